The van der Waals surface area contributed by atoms with Gasteiger partial charge in [0.25, 0.3) is 0 Å². The molecule has 0 aliphatic carbocycles. The number of ether oxygens (including phenoxy) is 2. The number of hydrogen-bond acceptors (Lipinski definition) is 6. The minimum atomic E-state index is -3.36. The molecule has 8 heteroatoms. The second kappa shape index (κ2) is 8.11. The van der Waals surface area contributed by atoms with Gasteiger partial charge in [0, 0.05) is 30.6 Å². The van der Waals surface area contributed by atoms with Crippen LogP contribution >= 0.6 is 0 Å². The highest BCUT2D eigenvalue weighted by Gasteiger charge is 2.28. The van der Waals surface area contributed by atoms with E-state index in [4.69, 9.17) is 9.47 Å². The molecule has 0 bridgehead atoms. The number of Topliss-reactive ketones (excluding diaryl/α,β-unsaturated/α-hetero) is 1. The van der Waals surface area contributed by atoms with E-state index in [-0.39, 0.29) is 35.0 Å². The van der Waals surface area contributed by atoms with Crippen molar-refractivity contribution < 1.29 is 27.1 Å². The van der Waals surface area contributed by atoms with Crippen molar-refractivity contribution in [2.75, 3.05) is 12.9 Å². The molecule has 0 N–H and O–H groups in total. The van der Waals surface area contributed by atoms with Gasteiger partial charge in [-0.2, -0.15) is 0 Å². The highest BCUT2D eigenvalue weighted by atomic mass is 32.2. The standard InChI is InChI=1S/C23H20FNO5S/c1-14-21-18(20(26)9-12-29-21)13-19(24)22(14)30-23(16-7-10-25-11-8-16)15-3-5-17(6-4-15)31(2,27)28/h3-8,10-11,13,23H,9,12H2,1-2H3. The van der Waals surface area contributed by atoms with Gasteiger partial charge in [-0.1, -0.05) is 12.1 Å². The summed E-state index contributed by atoms with van der Waals surface area (Å²) in [6, 6.07) is 10.9. The van der Waals surface area contributed by atoms with Gasteiger partial charge in [0.2, 0.25) is 0 Å². The van der Waals surface area contributed by atoms with Gasteiger partial charge in [0.05, 0.1) is 17.1 Å². The Morgan fingerprint density at radius 3 is 2.39 bits per heavy atom. The SMILES string of the molecule is Cc1c(OC(c2ccncc2)c2ccc(S(C)(=O)=O)cc2)c(F)cc2c1OCCC2=O. The van der Waals surface area contributed by atoms with Crippen LogP contribution in [0.3, 0.4) is 0 Å². The molecule has 0 spiro atoms. The van der Waals surface area contributed by atoms with Crippen LogP contribution in [0.15, 0.2) is 59.8 Å². The number of carbonyl (C=O) groups is 1. The highest BCUT2D eigenvalue weighted by molar-refractivity contribution is 7.90. The summed E-state index contributed by atoms with van der Waals surface area (Å²) in [7, 11) is -3.36. The van der Waals surface area contributed by atoms with E-state index in [0.717, 1.165) is 12.3 Å². The number of rotatable bonds is 5. The minimum absolute atomic E-state index is 0.0255. The Labute approximate surface area is 179 Å². The minimum Gasteiger partial charge on any atom is -0.492 e. The molecule has 1 aliphatic heterocycles. The molecule has 1 aromatic heterocycles. The Hall–Kier alpha value is -3.26. The predicted molar refractivity (Wildman–Crippen MR) is 112 cm³/mol. The average molecular weight is 441 g/mol. The lowest BCUT2D eigenvalue weighted by Gasteiger charge is -2.25. The molecule has 160 valence electrons. The maximum Gasteiger partial charge on any atom is 0.175 e. The first-order valence-electron chi connectivity index (χ1n) is 9.61. The molecule has 0 fully saturated rings. The molecule has 6 nitrogen and oxygen atoms in total. The molecule has 1 aliphatic rings. The normalized spacial score (nSPS) is 14.5. The van der Waals surface area contributed by atoms with Crippen molar-refractivity contribution in [1.82, 2.24) is 4.98 Å². The highest BCUT2D eigenvalue weighted by Crippen LogP contribution is 2.40. The molecule has 1 unspecified atom stereocenters. The summed E-state index contributed by atoms with van der Waals surface area (Å²) < 4.78 is 50.3. The second-order valence-corrected chi connectivity index (χ2v) is 9.35. The summed E-state index contributed by atoms with van der Waals surface area (Å²) in [5.74, 6) is -0.533. The number of fused-ring (bicyclic) bond motifs is 1. The first-order chi connectivity index (χ1) is 14.8. The zero-order valence-electron chi connectivity index (χ0n) is 17.0. The molecule has 0 saturated carbocycles. The van der Waals surface area contributed by atoms with Gasteiger partial charge < -0.3 is 9.47 Å². The van der Waals surface area contributed by atoms with Crippen molar-refractivity contribution in [2.24, 2.45) is 0 Å². The van der Waals surface area contributed by atoms with Crippen molar-refractivity contribution >= 4 is 15.6 Å². The monoisotopic (exact) mass is 441 g/mol. The van der Waals surface area contributed by atoms with Gasteiger partial charge in [-0.05, 0) is 48.4 Å². The molecule has 0 radical (unpaired) electrons. The maximum absolute atomic E-state index is 15.0. The zero-order valence-corrected chi connectivity index (χ0v) is 17.8. The molecule has 0 saturated heterocycles. The largest absolute Gasteiger partial charge is 0.492 e. The first-order valence-corrected chi connectivity index (χ1v) is 11.5. The van der Waals surface area contributed by atoms with Gasteiger partial charge in [0.15, 0.2) is 27.2 Å². The first kappa shape index (κ1) is 21.0. The fourth-order valence-electron chi connectivity index (χ4n) is 3.53. The maximum atomic E-state index is 15.0. The van der Waals surface area contributed by atoms with Gasteiger partial charge in [-0.15, -0.1) is 0 Å². The summed E-state index contributed by atoms with van der Waals surface area (Å²) in [6.45, 7) is 1.88. The Kier molecular flexibility index (Phi) is 5.49. The smallest absolute Gasteiger partial charge is 0.175 e. The Bertz CT molecular complexity index is 1240. The number of pyridine rings is 1. The van der Waals surface area contributed by atoms with Crippen molar-refractivity contribution in [3.8, 4) is 11.5 Å². The van der Waals surface area contributed by atoms with E-state index < -0.39 is 21.8 Å². The van der Waals surface area contributed by atoms with Crippen molar-refractivity contribution in [3.63, 3.8) is 0 Å². The third-order valence-electron chi connectivity index (χ3n) is 5.15. The molecule has 2 heterocycles. The van der Waals surface area contributed by atoms with Crippen LogP contribution in [0.25, 0.3) is 0 Å². The predicted octanol–water partition coefficient (Wildman–Crippen LogP) is 4.07. The van der Waals surface area contributed by atoms with E-state index in [9.17, 15) is 17.6 Å². The Morgan fingerprint density at radius 1 is 1.10 bits per heavy atom. The van der Waals surface area contributed by atoms with Crippen LogP contribution in [-0.4, -0.2) is 32.0 Å². The van der Waals surface area contributed by atoms with Crippen molar-refractivity contribution in [1.29, 1.82) is 0 Å². The van der Waals surface area contributed by atoms with Gasteiger partial charge in [0.1, 0.15) is 11.9 Å². The molecule has 3 aromatic rings. The second-order valence-electron chi connectivity index (χ2n) is 7.33. The summed E-state index contributed by atoms with van der Waals surface area (Å²) in [4.78, 5) is 16.3. The number of hydrogen-bond donors (Lipinski definition) is 0. The zero-order chi connectivity index (χ0) is 22.2. The van der Waals surface area contributed by atoms with E-state index in [2.05, 4.69) is 4.98 Å². The number of benzene rings is 2. The number of aromatic nitrogens is 1. The lowest BCUT2D eigenvalue weighted by molar-refractivity contribution is 0.0931. The number of nitrogens with zero attached hydrogens (tertiary/aromatic N) is 1. The number of ketones is 1. The number of halogens is 1. The van der Waals surface area contributed by atoms with E-state index in [1.807, 2.05) is 0 Å². The van der Waals surface area contributed by atoms with E-state index in [0.29, 0.717) is 22.4 Å². The van der Waals surface area contributed by atoms with Crippen LogP contribution in [0, 0.1) is 12.7 Å². The number of carbonyl (C=O) groups excluding carboxylic acids is 1. The molecule has 0 amide bonds. The molecular formula is C23H20FNO5S. The fraction of sp³-hybridized carbons (Fsp3) is 0.217. The van der Waals surface area contributed by atoms with Gasteiger partial charge in [-0.25, -0.2) is 12.8 Å². The summed E-state index contributed by atoms with van der Waals surface area (Å²) in [5, 5.41) is 0. The van der Waals surface area contributed by atoms with Crippen LogP contribution in [-0.2, 0) is 9.84 Å². The number of sulfone groups is 1. The van der Waals surface area contributed by atoms with E-state index >= 15 is 0 Å². The molecule has 1 atom stereocenters. The topological polar surface area (TPSA) is 82.6 Å². The van der Waals surface area contributed by atoms with Crippen LogP contribution in [0.1, 0.15) is 39.6 Å². The molecular weight excluding hydrogens is 421 g/mol. The molecule has 2 aromatic carbocycles. The lowest BCUT2D eigenvalue weighted by atomic mass is 9.99. The Morgan fingerprint density at radius 2 is 1.74 bits per heavy atom. The van der Waals surface area contributed by atoms with Crippen molar-refractivity contribution in [3.05, 3.63) is 82.9 Å². The van der Waals surface area contributed by atoms with Crippen molar-refractivity contribution in [2.45, 2.75) is 24.3 Å². The Balaban J connectivity index is 1.79. The average Bonchev–Trinajstić information content (AvgIpc) is 2.75. The van der Waals surface area contributed by atoms with Gasteiger partial charge in [-0.3, -0.25) is 9.78 Å². The summed E-state index contributed by atoms with van der Waals surface area (Å²) in [5.41, 5.74) is 1.95. The van der Waals surface area contributed by atoms with Crippen LogP contribution in [0.4, 0.5) is 4.39 Å². The summed E-state index contributed by atoms with van der Waals surface area (Å²) >= 11 is 0. The summed E-state index contributed by atoms with van der Waals surface area (Å²) in [6.07, 6.45) is 3.79. The fourth-order valence-corrected chi connectivity index (χ4v) is 4.17. The van der Waals surface area contributed by atoms with E-state index in [1.54, 1.807) is 43.6 Å². The van der Waals surface area contributed by atoms with Crippen LogP contribution < -0.4 is 9.47 Å². The van der Waals surface area contributed by atoms with Crippen LogP contribution in [0.2, 0.25) is 0 Å². The third kappa shape index (κ3) is 4.16. The van der Waals surface area contributed by atoms with Crippen LogP contribution in [0.5, 0.6) is 11.5 Å². The molecule has 31 heavy (non-hydrogen) atoms. The quantitative estimate of drug-likeness (QED) is 0.594. The lowest BCUT2D eigenvalue weighted by Crippen LogP contribution is -2.18. The molecule has 4 rings (SSSR count). The van der Waals surface area contributed by atoms with E-state index in [1.165, 1.54) is 12.1 Å². The van der Waals surface area contributed by atoms with Gasteiger partial charge >= 0.3 is 0 Å². The third-order valence-corrected chi connectivity index (χ3v) is 6.27.